The lowest BCUT2D eigenvalue weighted by Crippen LogP contribution is -2.48. The van der Waals surface area contributed by atoms with Crippen LogP contribution in [0.4, 0.5) is 0 Å². The molecule has 1 heterocycles. The fraction of sp³-hybridized carbons (Fsp3) is 0.929. The summed E-state index contributed by atoms with van der Waals surface area (Å²) in [5.41, 5.74) is 0. The zero-order chi connectivity index (χ0) is 13.9. The highest BCUT2D eigenvalue weighted by Gasteiger charge is 2.20. The number of unbranched alkanes of at least 4 members (excludes halogenated alkanes) is 2. The van der Waals surface area contributed by atoms with Gasteiger partial charge in [-0.05, 0) is 25.7 Å². The van der Waals surface area contributed by atoms with E-state index in [1.807, 2.05) is 7.05 Å². The predicted octanol–water partition coefficient (Wildman–Crippen LogP) is 2.82. The van der Waals surface area contributed by atoms with Gasteiger partial charge in [-0.2, -0.15) is 11.8 Å². The second-order valence-corrected chi connectivity index (χ2v) is 6.28. The first-order chi connectivity index (χ1) is 9.31. The third-order valence-corrected chi connectivity index (χ3v) is 4.79. The summed E-state index contributed by atoms with van der Waals surface area (Å²) in [5, 5.41) is 4.24. The lowest BCUT2D eigenvalue weighted by molar-refractivity contribution is 0.192. The van der Waals surface area contributed by atoms with E-state index in [-0.39, 0.29) is 24.0 Å². The van der Waals surface area contributed by atoms with Crippen LogP contribution in [0, 0.1) is 0 Å². The van der Waals surface area contributed by atoms with Gasteiger partial charge < -0.3 is 15.0 Å². The van der Waals surface area contributed by atoms with Crippen LogP contribution in [0.25, 0.3) is 0 Å². The molecule has 1 rings (SSSR count). The summed E-state index contributed by atoms with van der Waals surface area (Å²) in [6.45, 7) is 6.40. The molecule has 0 aromatic carbocycles. The van der Waals surface area contributed by atoms with Gasteiger partial charge in [0.1, 0.15) is 0 Å². The Morgan fingerprint density at radius 2 is 2.20 bits per heavy atom. The van der Waals surface area contributed by atoms with E-state index >= 15 is 0 Å². The highest BCUT2D eigenvalue weighted by atomic mass is 127. The van der Waals surface area contributed by atoms with E-state index < -0.39 is 0 Å². The van der Waals surface area contributed by atoms with Crippen LogP contribution < -0.4 is 5.32 Å². The highest BCUT2D eigenvalue weighted by molar-refractivity contribution is 14.0. The molecule has 0 bridgehead atoms. The van der Waals surface area contributed by atoms with Crippen LogP contribution in [0.1, 0.15) is 32.6 Å². The Bertz CT molecular complexity index is 267. The summed E-state index contributed by atoms with van der Waals surface area (Å²) in [5.74, 6) is 2.29. The van der Waals surface area contributed by atoms with Gasteiger partial charge in [0.25, 0.3) is 0 Å². The molecule has 1 saturated heterocycles. The summed E-state index contributed by atoms with van der Waals surface area (Å²) in [6, 6.07) is 0. The van der Waals surface area contributed by atoms with E-state index in [0.717, 1.165) is 43.9 Å². The molecular weight excluding hydrogens is 385 g/mol. The standard InChI is InChI=1S/C14H29N3OS.HI/c1-4-13-12-17(9-11-19-13)14(15-2)16-8-6-5-7-10-18-3;/h13H,4-12H2,1-3H3,(H,15,16);1H. The molecule has 0 aliphatic carbocycles. The monoisotopic (exact) mass is 415 g/mol. The molecule has 20 heavy (non-hydrogen) atoms. The minimum atomic E-state index is 0. The Balaban J connectivity index is 0.00000361. The van der Waals surface area contributed by atoms with Crippen molar-refractivity contribution >= 4 is 41.7 Å². The van der Waals surface area contributed by atoms with E-state index in [1.165, 1.54) is 25.0 Å². The summed E-state index contributed by atoms with van der Waals surface area (Å²) in [7, 11) is 3.65. The van der Waals surface area contributed by atoms with E-state index in [4.69, 9.17) is 4.74 Å². The Morgan fingerprint density at radius 3 is 2.85 bits per heavy atom. The van der Waals surface area contributed by atoms with Gasteiger partial charge in [0.2, 0.25) is 0 Å². The van der Waals surface area contributed by atoms with Crippen LogP contribution in [-0.4, -0.2) is 62.3 Å². The molecule has 0 aromatic heterocycles. The van der Waals surface area contributed by atoms with Crippen molar-refractivity contribution in [3.63, 3.8) is 0 Å². The lowest BCUT2D eigenvalue weighted by atomic mass is 10.2. The average Bonchev–Trinajstić information content (AvgIpc) is 2.46. The molecule has 120 valence electrons. The molecule has 0 amide bonds. The number of nitrogens with one attached hydrogen (secondary N) is 1. The quantitative estimate of drug-likeness (QED) is 0.300. The second-order valence-electron chi connectivity index (χ2n) is 4.87. The normalized spacial score (nSPS) is 19.6. The van der Waals surface area contributed by atoms with Gasteiger partial charge >= 0.3 is 0 Å². The van der Waals surface area contributed by atoms with Gasteiger partial charge in [0, 0.05) is 51.4 Å². The third-order valence-electron chi connectivity index (χ3n) is 3.41. The number of aliphatic imine (C=N–C) groups is 1. The number of thioether (sulfide) groups is 1. The van der Waals surface area contributed by atoms with Gasteiger partial charge in [0.15, 0.2) is 5.96 Å². The number of hydrogen-bond donors (Lipinski definition) is 1. The van der Waals surface area contributed by atoms with Crippen LogP contribution in [0.5, 0.6) is 0 Å². The fourth-order valence-corrected chi connectivity index (χ4v) is 3.42. The molecule has 1 fully saturated rings. The smallest absolute Gasteiger partial charge is 0.193 e. The number of halogens is 1. The largest absolute Gasteiger partial charge is 0.385 e. The number of guanidine groups is 1. The van der Waals surface area contributed by atoms with Gasteiger partial charge in [-0.25, -0.2) is 0 Å². The average molecular weight is 415 g/mol. The van der Waals surface area contributed by atoms with Crippen molar-refractivity contribution in [3.8, 4) is 0 Å². The topological polar surface area (TPSA) is 36.9 Å². The summed E-state index contributed by atoms with van der Waals surface area (Å²) in [6.07, 6.45) is 4.79. The van der Waals surface area contributed by atoms with E-state index in [9.17, 15) is 0 Å². The Labute approximate surface area is 145 Å². The van der Waals surface area contributed by atoms with Crippen LogP contribution in [-0.2, 0) is 4.74 Å². The maximum Gasteiger partial charge on any atom is 0.193 e. The SMILES string of the molecule is CCC1CN(C(=NC)NCCCCCOC)CCS1.I. The van der Waals surface area contributed by atoms with Crippen LogP contribution in [0.3, 0.4) is 0 Å². The van der Waals surface area contributed by atoms with Crippen molar-refractivity contribution in [2.45, 2.75) is 37.9 Å². The van der Waals surface area contributed by atoms with Gasteiger partial charge in [-0.1, -0.05) is 6.92 Å². The molecule has 0 aromatic rings. The molecule has 0 saturated carbocycles. The molecular formula is C14H30IN3OS. The fourth-order valence-electron chi connectivity index (χ4n) is 2.24. The minimum Gasteiger partial charge on any atom is -0.385 e. The van der Waals surface area contributed by atoms with Crippen molar-refractivity contribution in [1.29, 1.82) is 0 Å². The van der Waals surface area contributed by atoms with Gasteiger partial charge in [0.05, 0.1) is 0 Å². The maximum absolute atomic E-state index is 5.06. The van der Waals surface area contributed by atoms with Crippen LogP contribution in [0.2, 0.25) is 0 Å². The first-order valence-electron chi connectivity index (χ1n) is 7.38. The van der Waals surface area contributed by atoms with Crippen molar-refractivity contribution in [2.75, 3.05) is 46.2 Å². The number of ether oxygens (including phenoxy) is 1. The molecule has 1 aliphatic heterocycles. The molecule has 0 spiro atoms. The first-order valence-corrected chi connectivity index (χ1v) is 8.42. The lowest BCUT2D eigenvalue weighted by Gasteiger charge is -2.34. The van der Waals surface area contributed by atoms with Crippen molar-refractivity contribution < 1.29 is 4.74 Å². The number of methoxy groups -OCH3 is 1. The summed E-state index contributed by atoms with van der Waals surface area (Å²) >= 11 is 2.09. The van der Waals surface area contributed by atoms with E-state index in [2.05, 4.69) is 33.9 Å². The number of nitrogens with zero attached hydrogens (tertiary/aromatic N) is 2. The number of hydrogen-bond acceptors (Lipinski definition) is 3. The van der Waals surface area contributed by atoms with Crippen molar-refractivity contribution in [1.82, 2.24) is 10.2 Å². The van der Waals surface area contributed by atoms with Crippen LogP contribution >= 0.6 is 35.7 Å². The Hall–Kier alpha value is 0.310. The van der Waals surface area contributed by atoms with E-state index in [1.54, 1.807) is 7.11 Å². The first kappa shape index (κ1) is 20.3. The maximum atomic E-state index is 5.06. The van der Waals surface area contributed by atoms with E-state index in [0.29, 0.717) is 0 Å². The molecule has 1 atom stereocenters. The van der Waals surface area contributed by atoms with Crippen LogP contribution in [0.15, 0.2) is 4.99 Å². The minimum absolute atomic E-state index is 0. The molecule has 1 aliphatic rings. The number of rotatable bonds is 7. The molecule has 4 nitrogen and oxygen atoms in total. The second kappa shape index (κ2) is 13.0. The Kier molecular flexibility index (Phi) is 13.2. The molecule has 6 heteroatoms. The van der Waals surface area contributed by atoms with Gasteiger partial charge in [-0.3, -0.25) is 4.99 Å². The van der Waals surface area contributed by atoms with Crippen molar-refractivity contribution in [2.24, 2.45) is 4.99 Å². The van der Waals surface area contributed by atoms with Crippen molar-refractivity contribution in [3.05, 3.63) is 0 Å². The molecule has 1 N–H and O–H groups in total. The molecule has 0 radical (unpaired) electrons. The third kappa shape index (κ3) is 7.93. The predicted molar refractivity (Wildman–Crippen MR) is 101 cm³/mol. The Morgan fingerprint density at radius 1 is 1.40 bits per heavy atom. The summed E-state index contributed by atoms with van der Waals surface area (Å²) < 4.78 is 5.06. The highest BCUT2D eigenvalue weighted by Crippen LogP contribution is 2.20. The molecule has 1 unspecified atom stereocenters. The zero-order valence-electron chi connectivity index (χ0n) is 13.1. The zero-order valence-corrected chi connectivity index (χ0v) is 16.2. The van der Waals surface area contributed by atoms with Gasteiger partial charge in [-0.15, -0.1) is 24.0 Å². The summed E-state index contributed by atoms with van der Waals surface area (Å²) in [4.78, 5) is 6.81.